The fourth-order valence-corrected chi connectivity index (χ4v) is 3.57. The largest absolute Gasteiger partial charge is 0.419 e. The number of nitrogens with zero attached hydrogens (tertiary/aromatic N) is 4. The number of thioether (sulfide) groups is 1. The van der Waals surface area contributed by atoms with Crippen LogP contribution < -0.4 is 5.73 Å². The molecule has 21 heavy (non-hydrogen) atoms. The van der Waals surface area contributed by atoms with Crippen LogP contribution in [0.1, 0.15) is 23.6 Å². The van der Waals surface area contributed by atoms with Crippen LogP contribution in [0.25, 0.3) is 11.5 Å². The zero-order valence-corrected chi connectivity index (χ0v) is 13.1. The van der Waals surface area contributed by atoms with Crippen molar-refractivity contribution in [2.24, 2.45) is 0 Å². The van der Waals surface area contributed by atoms with Crippen LogP contribution in [0.4, 0.5) is 5.13 Å². The lowest BCUT2D eigenvalue weighted by Gasteiger charge is -2.02. The van der Waals surface area contributed by atoms with Crippen LogP contribution in [0.3, 0.4) is 0 Å². The third-order valence-electron chi connectivity index (χ3n) is 2.75. The summed E-state index contributed by atoms with van der Waals surface area (Å²) in [6.45, 7) is 4.01. The van der Waals surface area contributed by atoms with Crippen LogP contribution in [0.15, 0.2) is 33.0 Å². The minimum atomic E-state index is -0.0107. The van der Waals surface area contributed by atoms with Gasteiger partial charge in [-0.05, 0) is 26.0 Å². The van der Waals surface area contributed by atoms with Gasteiger partial charge >= 0.3 is 0 Å². The number of aromatic nitrogens is 4. The van der Waals surface area contributed by atoms with Gasteiger partial charge in [-0.3, -0.25) is 0 Å². The number of hydrogen-bond acceptors (Lipinski definition) is 8. The summed E-state index contributed by atoms with van der Waals surface area (Å²) < 4.78 is 6.53. The standard InChI is InChI=1S/C13H13N5OS2/c1-7-4-3-5-9(6-7)11-16-15-10(19-11)8(2)20-13-18-17-12(14)21-13/h3-6,8H,1-2H3,(H2,14,17). The highest BCUT2D eigenvalue weighted by Crippen LogP contribution is 2.36. The molecule has 1 unspecified atom stereocenters. The highest BCUT2D eigenvalue weighted by atomic mass is 32.2. The summed E-state index contributed by atoms with van der Waals surface area (Å²) in [6.07, 6.45) is 0. The Bertz CT molecular complexity index is 754. The van der Waals surface area contributed by atoms with Crippen LogP contribution in [-0.4, -0.2) is 20.4 Å². The number of anilines is 1. The SMILES string of the molecule is Cc1cccc(-c2nnc(C(C)Sc3nnc(N)s3)o2)c1. The molecule has 0 fully saturated rings. The van der Waals surface area contributed by atoms with Gasteiger partial charge in [0.25, 0.3) is 0 Å². The Hall–Kier alpha value is -1.93. The quantitative estimate of drug-likeness (QED) is 0.737. The normalized spacial score (nSPS) is 12.5. The van der Waals surface area contributed by atoms with Gasteiger partial charge in [0.2, 0.25) is 16.9 Å². The number of hydrogen-bond donors (Lipinski definition) is 1. The van der Waals surface area contributed by atoms with E-state index in [9.17, 15) is 0 Å². The average molecular weight is 319 g/mol. The van der Waals surface area contributed by atoms with Gasteiger partial charge in [0.15, 0.2) is 4.34 Å². The summed E-state index contributed by atoms with van der Waals surface area (Å²) >= 11 is 2.84. The Morgan fingerprint density at radius 1 is 1.24 bits per heavy atom. The molecule has 108 valence electrons. The Kier molecular flexibility index (Phi) is 3.89. The van der Waals surface area contributed by atoms with Crippen molar-refractivity contribution < 1.29 is 4.42 Å². The third-order valence-corrected chi connectivity index (χ3v) is 4.68. The second-order valence-corrected chi connectivity index (χ2v) is 7.08. The smallest absolute Gasteiger partial charge is 0.247 e. The molecule has 0 radical (unpaired) electrons. The van der Waals surface area contributed by atoms with Gasteiger partial charge in [0, 0.05) is 5.56 Å². The van der Waals surface area contributed by atoms with E-state index in [1.54, 1.807) is 0 Å². The van der Waals surface area contributed by atoms with Gasteiger partial charge < -0.3 is 10.2 Å². The van der Waals surface area contributed by atoms with Crippen molar-refractivity contribution in [2.75, 3.05) is 5.73 Å². The van der Waals surface area contributed by atoms with Crippen LogP contribution in [0.5, 0.6) is 0 Å². The minimum Gasteiger partial charge on any atom is -0.419 e. The fraction of sp³-hybridized carbons (Fsp3) is 0.231. The number of rotatable bonds is 4. The van der Waals surface area contributed by atoms with E-state index in [4.69, 9.17) is 10.2 Å². The third kappa shape index (κ3) is 3.22. The molecular weight excluding hydrogens is 306 g/mol. The first-order chi connectivity index (χ1) is 10.1. The van der Waals surface area contributed by atoms with Gasteiger partial charge in [-0.15, -0.1) is 20.4 Å². The molecule has 2 heterocycles. The van der Waals surface area contributed by atoms with E-state index < -0.39 is 0 Å². The molecular formula is C13H13N5OS2. The Balaban J connectivity index is 1.78. The second-order valence-electron chi connectivity index (χ2n) is 4.48. The van der Waals surface area contributed by atoms with Crippen molar-refractivity contribution >= 4 is 28.2 Å². The molecule has 1 aromatic carbocycles. The summed E-state index contributed by atoms with van der Waals surface area (Å²) in [6, 6.07) is 7.96. The zero-order valence-electron chi connectivity index (χ0n) is 11.5. The van der Waals surface area contributed by atoms with Crippen molar-refractivity contribution in [3.63, 3.8) is 0 Å². The van der Waals surface area contributed by atoms with Crippen molar-refractivity contribution in [1.29, 1.82) is 0 Å². The molecule has 0 aliphatic rings. The maximum atomic E-state index is 5.75. The highest BCUT2D eigenvalue weighted by Gasteiger charge is 2.18. The van der Waals surface area contributed by atoms with Gasteiger partial charge in [0.05, 0.1) is 5.25 Å². The molecule has 3 rings (SSSR count). The molecule has 0 spiro atoms. The molecule has 8 heteroatoms. The molecule has 6 nitrogen and oxygen atoms in total. The van der Waals surface area contributed by atoms with Crippen molar-refractivity contribution in [3.8, 4) is 11.5 Å². The van der Waals surface area contributed by atoms with Gasteiger partial charge in [-0.25, -0.2) is 0 Å². The molecule has 2 aromatic heterocycles. The van der Waals surface area contributed by atoms with Gasteiger partial charge in [-0.2, -0.15) is 0 Å². The highest BCUT2D eigenvalue weighted by molar-refractivity contribution is 8.01. The van der Waals surface area contributed by atoms with Crippen LogP contribution in [0, 0.1) is 6.92 Å². The van der Waals surface area contributed by atoms with Crippen molar-refractivity contribution in [2.45, 2.75) is 23.4 Å². The van der Waals surface area contributed by atoms with Crippen LogP contribution in [-0.2, 0) is 0 Å². The molecule has 0 saturated carbocycles. The van der Waals surface area contributed by atoms with Gasteiger partial charge in [0.1, 0.15) is 0 Å². The van der Waals surface area contributed by atoms with Crippen LogP contribution >= 0.6 is 23.1 Å². The molecule has 3 aromatic rings. The fourth-order valence-electron chi connectivity index (χ4n) is 1.76. The maximum Gasteiger partial charge on any atom is 0.247 e. The van der Waals surface area contributed by atoms with Gasteiger partial charge in [-0.1, -0.05) is 40.8 Å². The Morgan fingerprint density at radius 2 is 2.10 bits per heavy atom. The van der Waals surface area contributed by atoms with E-state index in [0.717, 1.165) is 15.5 Å². The molecule has 0 saturated heterocycles. The molecule has 0 aliphatic heterocycles. The first kappa shape index (κ1) is 14.0. The first-order valence-corrected chi connectivity index (χ1v) is 7.97. The van der Waals surface area contributed by atoms with Crippen LogP contribution in [0.2, 0.25) is 0 Å². The molecule has 0 bridgehead atoms. The van der Waals surface area contributed by atoms with Crippen molar-refractivity contribution in [3.05, 3.63) is 35.7 Å². The number of aryl methyl sites for hydroxylation is 1. The molecule has 2 N–H and O–H groups in total. The van der Waals surface area contributed by atoms with E-state index >= 15 is 0 Å². The number of nitrogen functional groups attached to an aromatic ring is 1. The molecule has 0 aliphatic carbocycles. The summed E-state index contributed by atoms with van der Waals surface area (Å²) in [4.78, 5) is 0. The summed E-state index contributed by atoms with van der Waals surface area (Å²) in [5.41, 5.74) is 7.64. The maximum absolute atomic E-state index is 5.75. The predicted octanol–water partition coefficient (Wildman–Crippen LogP) is 3.33. The first-order valence-electron chi connectivity index (χ1n) is 6.28. The predicted molar refractivity (Wildman–Crippen MR) is 83.1 cm³/mol. The molecule has 0 amide bonds. The van der Waals surface area contributed by atoms with E-state index in [1.807, 2.05) is 38.1 Å². The summed E-state index contributed by atoms with van der Waals surface area (Å²) in [7, 11) is 0. The van der Waals surface area contributed by atoms with E-state index in [1.165, 1.54) is 23.1 Å². The monoisotopic (exact) mass is 319 g/mol. The Labute approximate surface area is 129 Å². The summed E-state index contributed by atoms with van der Waals surface area (Å²) in [5.74, 6) is 1.09. The van der Waals surface area contributed by atoms with E-state index in [-0.39, 0.29) is 5.25 Å². The lowest BCUT2D eigenvalue weighted by Crippen LogP contribution is -1.88. The average Bonchev–Trinajstić information content (AvgIpc) is 3.08. The zero-order chi connectivity index (χ0) is 14.8. The van der Waals surface area contributed by atoms with Crippen molar-refractivity contribution in [1.82, 2.24) is 20.4 Å². The second kappa shape index (κ2) is 5.82. The van der Waals surface area contributed by atoms with E-state index in [2.05, 4.69) is 20.4 Å². The lowest BCUT2D eigenvalue weighted by molar-refractivity contribution is 0.509. The van der Waals surface area contributed by atoms with E-state index in [0.29, 0.717) is 16.9 Å². The molecule has 1 atom stereocenters. The topological polar surface area (TPSA) is 90.7 Å². The summed E-state index contributed by atoms with van der Waals surface area (Å²) in [5, 5.41) is 16.4. The number of nitrogens with two attached hydrogens (primary N) is 1. The number of benzene rings is 1. The minimum absolute atomic E-state index is 0.0107. The lowest BCUT2D eigenvalue weighted by atomic mass is 10.1. The Morgan fingerprint density at radius 3 is 2.81 bits per heavy atom.